The van der Waals surface area contributed by atoms with Crippen LogP contribution in [0.15, 0.2) is 11.3 Å². The van der Waals surface area contributed by atoms with E-state index in [9.17, 15) is 0 Å². The second-order valence-corrected chi connectivity index (χ2v) is 9.85. The fourth-order valence-electron chi connectivity index (χ4n) is 5.39. The number of H-pyrrole nitrogens is 1. The van der Waals surface area contributed by atoms with E-state index in [-0.39, 0.29) is 12.2 Å². The molecule has 4 N–H and O–H groups in total. The van der Waals surface area contributed by atoms with Crippen LogP contribution in [0.2, 0.25) is 0 Å². The van der Waals surface area contributed by atoms with Gasteiger partial charge in [-0.25, -0.2) is 15.0 Å². The molecular formula is C24H40N10O. The number of aromatic nitrogens is 4. The zero-order valence-electron chi connectivity index (χ0n) is 20.9. The van der Waals surface area contributed by atoms with Gasteiger partial charge in [-0.05, 0) is 44.9 Å². The normalized spacial score (nSPS) is 24.0. The van der Waals surface area contributed by atoms with Crippen LogP contribution in [0.4, 0.5) is 11.8 Å². The van der Waals surface area contributed by atoms with Gasteiger partial charge in [0.2, 0.25) is 5.95 Å². The standard InChI is InChI=1S/C24H40N10O/c1-2-7-26-15-20(34-8-3-4-18(25)16-34)29-19-5-9-33(10-6-19)24-30-21-22(31-24)27-17-28-23(21)32-11-13-35-14-12-32/h7,17-20,29H,2-6,8-16,25H2,1H3,(H,27,28,30,31)/b26-7-/t18-,20?/m1/s1. The molecule has 35 heavy (non-hydrogen) atoms. The van der Waals surface area contributed by atoms with Crippen molar-refractivity contribution in [2.75, 3.05) is 68.8 Å². The summed E-state index contributed by atoms with van der Waals surface area (Å²) in [6.07, 6.45) is 9.28. The Morgan fingerprint density at radius 3 is 2.77 bits per heavy atom. The first-order valence-corrected chi connectivity index (χ1v) is 13.2. The van der Waals surface area contributed by atoms with Crippen molar-refractivity contribution in [2.45, 2.75) is 57.3 Å². The number of ether oxygens (including phenoxy) is 1. The second kappa shape index (κ2) is 11.6. The van der Waals surface area contributed by atoms with Crippen molar-refractivity contribution < 1.29 is 4.74 Å². The van der Waals surface area contributed by atoms with Gasteiger partial charge in [-0.2, -0.15) is 0 Å². The lowest BCUT2D eigenvalue weighted by Crippen LogP contribution is -2.58. The number of nitrogens with one attached hydrogen (secondary N) is 2. The van der Waals surface area contributed by atoms with Gasteiger partial charge >= 0.3 is 0 Å². The number of aliphatic imine (C=N–C) groups is 1. The molecule has 0 aromatic carbocycles. The van der Waals surface area contributed by atoms with Crippen molar-refractivity contribution in [1.82, 2.24) is 30.2 Å². The smallest absolute Gasteiger partial charge is 0.205 e. The number of hydrogen-bond acceptors (Lipinski definition) is 10. The number of imidazole rings is 1. The predicted molar refractivity (Wildman–Crippen MR) is 139 cm³/mol. The molecule has 1 unspecified atom stereocenters. The maximum Gasteiger partial charge on any atom is 0.205 e. The van der Waals surface area contributed by atoms with Crippen molar-refractivity contribution in [3.05, 3.63) is 6.33 Å². The van der Waals surface area contributed by atoms with Gasteiger partial charge in [-0.1, -0.05) is 6.92 Å². The summed E-state index contributed by atoms with van der Waals surface area (Å²) in [7, 11) is 0. The van der Waals surface area contributed by atoms with Crippen LogP contribution < -0.4 is 20.9 Å². The van der Waals surface area contributed by atoms with Crippen molar-refractivity contribution in [1.29, 1.82) is 0 Å². The zero-order chi connectivity index (χ0) is 24.0. The monoisotopic (exact) mass is 484 g/mol. The number of nitrogens with zero attached hydrogens (tertiary/aromatic N) is 7. The Hall–Kier alpha value is -2.34. The van der Waals surface area contributed by atoms with Gasteiger partial charge in [0, 0.05) is 44.8 Å². The predicted octanol–water partition coefficient (Wildman–Crippen LogP) is 0.978. The molecule has 192 valence electrons. The lowest BCUT2D eigenvalue weighted by molar-refractivity contribution is 0.116. The summed E-state index contributed by atoms with van der Waals surface area (Å²) >= 11 is 0. The molecule has 11 nitrogen and oxygen atoms in total. The van der Waals surface area contributed by atoms with E-state index in [2.05, 4.69) is 46.9 Å². The number of hydrogen-bond donors (Lipinski definition) is 3. The fourth-order valence-corrected chi connectivity index (χ4v) is 5.39. The lowest BCUT2D eigenvalue weighted by atomic mass is 10.0. The van der Waals surface area contributed by atoms with Crippen LogP contribution >= 0.6 is 0 Å². The van der Waals surface area contributed by atoms with Gasteiger partial charge in [-0.3, -0.25) is 15.2 Å². The largest absolute Gasteiger partial charge is 0.378 e. The molecule has 3 saturated heterocycles. The average Bonchev–Trinajstić information content (AvgIpc) is 3.34. The van der Waals surface area contributed by atoms with E-state index >= 15 is 0 Å². The van der Waals surface area contributed by atoms with E-state index in [1.807, 2.05) is 6.21 Å². The van der Waals surface area contributed by atoms with E-state index in [1.54, 1.807) is 6.33 Å². The van der Waals surface area contributed by atoms with E-state index in [1.165, 1.54) is 0 Å². The Morgan fingerprint density at radius 1 is 1.17 bits per heavy atom. The minimum absolute atomic E-state index is 0.248. The molecule has 0 spiro atoms. The highest BCUT2D eigenvalue weighted by Crippen LogP contribution is 2.26. The van der Waals surface area contributed by atoms with Crippen LogP contribution in [0, 0.1) is 0 Å². The van der Waals surface area contributed by atoms with E-state index < -0.39 is 0 Å². The molecule has 3 aliphatic rings. The number of rotatable bonds is 8. The number of aromatic amines is 1. The third-order valence-electron chi connectivity index (χ3n) is 7.30. The third kappa shape index (κ3) is 5.91. The third-order valence-corrected chi connectivity index (χ3v) is 7.30. The molecule has 5 heterocycles. The molecule has 3 aliphatic heterocycles. The first-order chi connectivity index (χ1) is 17.2. The lowest BCUT2D eigenvalue weighted by Gasteiger charge is -2.40. The Bertz CT molecular complexity index is 966. The van der Waals surface area contributed by atoms with E-state index in [0.29, 0.717) is 6.04 Å². The molecule has 0 radical (unpaired) electrons. The summed E-state index contributed by atoms with van der Waals surface area (Å²) in [6, 6.07) is 0.725. The minimum Gasteiger partial charge on any atom is -0.378 e. The highest BCUT2D eigenvalue weighted by atomic mass is 16.5. The maximum absolute atomic E-state index is 6.28. The molecule has 0 aliphatic carbocycles. The van der Waals surface area contributed by atoms with Gasteiger partial charge in [0.1, 0.15) is 6.33 Å². The molecular weight excluding hydrogens is 444 g/mol. The summed E-state index contributed by atoms with van der Waals surface area (Å²) in [5.74, 6) is 1.78. The Kier molecular flexibility index (Phi) is 8.07. The van der Waals surface area contributed by atoms with Gasteiger partial charge < -0.3 is 25.3 Å². The maximum atomic E-state index is 6.28. The Labute approximate surface area is 207 Å². The summed E-state index contributed by atoms with van der Waals surface area (Å²) < 4.78 is 5.50. The van der Waals surface area contributed by atoms with Crippen LogP contribution in [0.25, 0.3) is 11.2 Å². The topological polar surface area (TPSA) is 124 Å². The number of morpholine rings is 1. The molecule has 0 saturated carbocycles. The number of nitrogens with two attached hydrogens (primary N) is 1. The molecule has 0 bridgehead atoms. The summed E-state index contributed by atoms with van der Waals surface area (Å²) in [6.45, 7) is 9.95. The van der Waals surface area contributed by atoms with Crippen molar-refractivity contribution in [3.63, 3.8) is 0 Å². The Morgan fingerprint density at radius 2 is 2.00 bits per heavy atom. The first-order valence-electron chi connectivity index (χ1n) is 13.2. The van der Waals surface area contributed by atoms with Gasteiger partial charge in [0.05, 0.1) is 25.9 Å². The molecule has 0 amide bonds. The van der Waals surface area contributed by atoms with Crippen LogP contribution in [-0.2, 0) is 4.74 Å². The average molecular weight is 485 g/mol. The quantitative estimate of drug-likeness (QED) is 0.470. The zero-order valence-corrected chi connectivity index (χ0v) is 20.9. The van der Waals surface area contributed by atoms with Crippen molar-refractivity contribution in [2.24, 2.45) is 10.7 Å². The highest BCUT2D eigenvalue weighted by molar-refractivity contribution is 5.85. The first kappa shape index (κ1) is 24.4. The van der Waals surface area contributed by atoms with E-state index in [4.69, 9.17) is 15.5 Å². The van der Waals surface area contributed by atoms with E-state index in [0.717, 1.165) is 114 Å². The highest BCUT2D eigenvalue weighted by Gasteiger charge is 2.29. The fraction of sp³-hybridized carbons (Fsp3) is 0.750. The molecule has 11 heteroatoms. The van der Waals surface area contributed by atoms with Crippen LogP contribution in [-0.4, -0.2) is 108 Å². The number of fused-ring (bicyclic) bond motifs is 1. The summed E-state index contributed by atoms with van der Waals surface area (Å²) in [5.41, 5.74) is 7.93. The molecule has 2 aromatic rings. The van der Waals surface area contributed by atoms with Crippen molar-refractivity contribution >= 4 is 29.1 Å². The number of anilines is 2. The molecule has 2 atom stereocenters. The van der Waals surface area contributed by atoms with Gasteiger partial charge in [0.25, 0.3) is 0 Å². The van der Waals surface area contributed by atoms with Crippen molar-refractivity contribution in [3.8, 4) is 0 Å². The summed E-state index contributed by atoms with van der Waals surface area (Å²) in [5, 5.41) is 3.91. The Balaban J connectivity index is 1.21. The molecule has 5 rings (SSSR count). The minimum atomic E-state index is 0.248. The number of piperidine rings is 2. The van der Waals surface area contributed by atoms with Crippen LogP contribution in [0.1, 0.15) is 39.0 Å². The summed E-state index contributed by atoms with van der Waals surface area (Å²) in [4.78, 5) is 29.1. The van der Waals surface area contributed by atoms with Crippen LogP contribution in [0.5, 0.6) is 0 Å². The van der Waals surface area contributed by atoms with Crippen LogP contribution in [0.3, 0.4) is 0 Å². The SMILES string of the molecule is CC/C=N\CC(NC1CCN(c2nc3c(N4CCOCC4)ncnc3[nH]2)CC1)N1CCC[C@@H](N)C1. The molecule has 3 fully saturated rings. The second-order valence-electron chi connectivity index (χ2n) is 9.85. The van der Waals surface area contributed by atoms with Gasteiger partial charge in [-0.15, -0.1) is 0 Å². The number of likely N-dealkylation sites (tertiary alicyclic amines) is 1. The molecule has 2 aromatic heterocycles. The van der Waals surface area contributed by atoms with Gasteiger partial charge in [0.15, 0.2) is 17.0 Å².